The Bertz CT molecular complexity index is 182. The van der Waals surface area contributed by atoms with Crippen LogP contribution in [0, 0.1) is 0 Å². The van der Waals surface area contributed by atoms with Gasteiger partial charge in [0.2, 0.25) is 0 Å². The Balaban J connectivity index is 3.27. The lowest BCUT2D eigenvalue weighted by molar-refractivity contribution is -0.152. The van der Waals surface area contributed by atoms with Gasteiger partial charge in [-0.2, -0.15) is 0 Å². The summed E-state index contributed by atoms with van der Waals surface area (Å²) >= 11 is 0. The average molecular weight is 203 g/mol. The maximum atomic E-state index is 10.8. The summed E-state index contributed by atoms with van der Waals surface area (Å²) in [6.07, 6.45) is 1.68. The third-order valence-electron chi connectivity index (χ3n) is 1.47. The van der Waals surface area contributed by atoms with Crippen molar-refractivity contribution in [2.24, 2.45) is 0 Å². The summed E-state index contributed by atoms with van der Waals surface area (Å²) < 4.78 is 9.41. The Morgan fingerprint density at radius 1 is 1.29 bits per heavy atom. The van der Waals surface area contributed by atoms with Crippen LogP contribution in [0.15, 0.2) is 0 Å². The van der Waals surface area contributed by atoms with Crippen LogP contribution in [0.5, 0.6) is 0 Å². The summed E-state index contributed by atoms with van der Waals surface area (Å²) in [5.74, 6) is -1.57. The minimum Gasteiger partial charge on any atom is -0.462 e. The number of carbonyl (C=O) groups is 2. The van der Waals surface area contributed by atoms with Gasteiger partial charge in [-0.3, -0.25) is 4.79 Å². The van der Waals surface area contributed by atoms with Crippen molar-refractivity contribution in [1.29, 1.82) is 0 Å². The van der Waals surface area contributed by atoms with E-state index in [1.54, 1.807) is 0 Å². The lowest BCUT2D eigenvalue weighted by Gasteiger charge is -2.03. The van der Waals surface area contributed by atoms with E-state index in [1.807, 2.05) is 6.92 Å². The highest BCUT2D eigenvalue weighted by atomic mass is 16.5. The van der Waals surface area contributed by atoms with Crippen LogP contribution in [-0.2, 0) is 19.1 Å². The number of hydrogen-bond donors (Lipinski definition) is 1. The number of methoxy groups -OCH3 is 1. The number of amides is 1. The van der Waals surface area contributed by atoms with Crippen molar-refractivity contribution in [1.82, 2.24) is 5.32 Å². The molecule has 0 unspecified atom stereocenters. The molecule has 0 fully saturated rings. The van der Waals surface area contributed by atoms with Crippen molar-refractivity contribution in [3.05, 3.63) is 0 Å². The molecule has 0 aliphatic heterocycles. The molecule has 1 N–H and O–H groups in total. The maximum absolute atomic E-state index is 10.8. The summed E-state index contributed by atoms with van der Waals surface area (Å²) in [6.45, 7) is 3.77. The number of nitrogens with one attached hydrogen (secondary N) is 1. The lowest BCUT2D eigenvalue weighted by Crippen LogP contribution is -2.32. The van der Waals surface area contributed by atoms with E-state index in [4.69, 9.17) is 4.74 Å². The fourth-order valence-electron chi connectivity index (χ4n) is 0.787. The van der Waals surface area contributed by atoms with Crippen molar-refractivity contribution >= 4 is 11.9 Å². The van der Waals surface area contributed by atoms with Gasteiger partial charge in [0.05, 0.1) is 7.11 Å². The predicted octanol–water partition coefficient (Wildman–Crippen LogP) is 0.0923. The first-order chi connectivity index (χ1) is 6.72. The summed E-state index contributed by atoms with van der Waals surface area (Å²) in [4.78, 5) is 21.4. The monoisotopic (exact) mass is 203 g/mol. The van der Waals surface area contributed by atoms with E-state index >= 15 is 0 Å². The van der Waals surface area contributed by atoms with Crippen LogP contribution in [-0.4, -0.2) is 38.7 Å². The Morgan fingerprint density at radius 3 is 2.57 bits per heavy atom. The van der Waals surface area contributed by atoms with Crippen LogP contribution < -0.4 is 5.32 Å². The molecule has 0 bridgehead atoms. The second-order valence-corrected chi connectivity index (χ2v) is 2.71. The Labute approximate surface area is 83.8 Å². The molecule has 0 aliphatic carbocycles. The number of hydrogen-bond acceptors (Lipinski definition) is 4. The lowest BCUT2D eigenvalue weighted by atomic mass is 10.4. The first-order valence-electron chi connectivity index (χ1n) is 4.66. The molecule has 0 aromatic carbocycles. The zero-order valence-electron chi connectivity index (χ0n) is 8.67. The molecule has 0 spiro atoms. The van der Waals surface area contributed by atoms with Crippen LogP contribution in [0.2, 0.25) is 0 Å². The third kappa shape index (κ3) is 6.42. The van der Waals surface area contributed by atoms with E-state index in [0.717, 1.165) is 13.0 Å². The average Bonchev–Trinajstić information content (AvgIpc) is 2.21. The van der Waals surface area contributed by atoms with Crippen molar-refractivity contribution in [2.75, 3.05) is 26.9 Å². The fourth-order valence-corrected chi connectivity index (χ4v) is 0.787. The molecular formula is C9H17NO4. The maximum Gasteiger partial charge on any atom is 0.396 e. The van der Waals surface area contributed by atoms with Crippen LogP contribution in [0.3, 0.4) is 0 Å². The Kier molecular flexibility index (Phi) is 7.83. The molecular weight excluding hydrogens is 186 g/mol. The predicted molar refractivity (Wildman–Crippen MR) is 50.8 cm³/mol. The smallest absolute Gasteiger partial charge is 0.396 e. The summed E-state index contributed by atoms with van der Waals surface area (Å²) in [7, 11) is 1.17. The van der Waals surface area contributed by atoms with Gasteiger partial charge in [0.15, 0.2) is 0 Å². The van der Waals surface area contributed by atoms with Crippen LogP contribution in [0.4, 0.5) is 0 Å². The molecule has 0 atom stereocenters. The molecule has 5 nitrogen and oxygen atoms in total. The van der Waals surface area contributed by atoms with Crippen LogP contribution >= 0.6 is 0 Å². The molecule has 0 aromatic heterocycles. The van der Waals surface area contributed by atoms with Gasteiger partial charge in [0.1, 0.15) is 0 Å². The van der Waals surface area contributed by atoms with Crippen molar-refractivity contribution in [3.63, 3.8) is 0 Å². The molecule has 0 saturated carbocycles. The van der Waals surface area contributed by atoms with Crippen molar-refractivity contribution in [2.45, 2.75) is 19.8 Å². The van der Waals surface area contributed by atoms with Gasteiger partial charge >= 0.3 is 11.9 Å². The second kappa shape index (κ2) is 8.50. The molecule has 1 amide bonds. The van der Waals surface area contributed by atoms with Gasteiger partial charge in [-0.05, 0) is 12.8 Å². The summed E-state index contributed by atoms with van der Waals surface area (Å²) in [5, 5.41) is 2.42. The molecule has 0 aromatic rings. The SMILES string of the molecule is CCCOCCCNC(=O)C(=O)OC. The van der Waals surface area contributed by atoms with Gasteiger partial charge in [0.25, 0.3) is 0 Å². The Morgan fingerprint density at radius 2 is 2.00 bits per heavy atom. The van der Waals surface area contributed by atoms with Gasteiger partial charge < -0.3 is 14.8 Å². The van der Waals surface area contributed by atoms with Gasteiger partial charge in [-0.25, -0.2) is 4.79 Å². The fraction of sp³-hybridized carbons (Fsp3) is 0.778. The van der Waals surface area contributed by atoms with E-state index in [0.29, 0.717) is 19.6 Å². The molecule has 0 aliphatic rings. The van der Waals surface area contributed by atoms with E-state index in [2.05, 4.69) is 10.1 Å². The molecule has 14 heavy (non-hydrogen) atoms. The first kappa shape index (κ1) is 12.9. The van der Waals surface area contributed by atoms with E-state index in [1.165, 1.54) is 7.11 Å². The number of carbonyl (C=O) groups excluding carboxylic acids is 2. The molecule has 82 valence electrons. The minimum absolute atomic E-state index is 0.428. The summed E-state index contributed by atoms with van der Waals surface area (Å²) in [5.41, 5.74) is 0. The first-order valence-corrected chi connectivity index (χ1v) is 4.66. The number of ether oxygens (including phenoxy) is 2. The highest BCUT2D eigenvalue weighted by molar-refractivity contribution is 6.32. The zero-order valence-corrected chi connectivity index (χ0v) is 8.67. The molecule has 0 rings (SSSR count). The van der Waals surface area contributed by atoms with Crippen LogP contribution in [0.1, 0.15) is 19.8 Å². The van der Waals surface area contributed by atoms with E-state index in [-0.39, 0.29) is 0 Å². The second-order valence-electron chi connectivity index (χ2n) is 2.71. The largest absolute Gasteiger partial charge is 0.462 e. The minimum atomic E-state index is -0.862. The van der Waals surface area contributed by atoms with Gasteiger partial charge in [-0.1, -0.05) is 6.92 Å². The highest BCUT2D eigenvalue weighted by Gasteiger charge is 2.11. The standard InChI is InChI=1S/C9H17NO4/c1-3-6-14-7-4-5-10-8(11)9(12)13-2/h3-7H2,1-2H3,(H,10,11). The zero-order chi connectivity index (χ0) is 10.8. The highest BCUT2D eigenvalue weighted by Crippen LogP contribution is 1.84. The molecule has 0 radical (unpaired) electrons. The van der Waals surface area contributed by atoms with E-state index in [9.17, 15) is 9.59 Å². The van der Waals surface area contributed by atoms with E-state index < -0.39 is 11.9 Å². The van der Waals surface area contributed by atoms with Crippen LogP contribution in [0.25, 0.3) is 0 Å². The topological polar surface area (TPSA) is 64.6 Å². The van der Waals surface area contributed by atoms with Gasteiger partial charge in [0, 0.05) is 19.8 Å². The number of rotatable bonds is 6. The van der Waals surface area contributed by atoms with Gasteiger partial charge in [-0.15, -0.1) is 0 Å². The summed E-state index contributed by atoms with van der Waals surface area (Å²) in [6, 6.07) is 0. The molecule has 5 heteroatoms. The Hall–Kier alpha value is -1.10. The molecule has 0 heterocycles. The quantitative estimate of drug-likeness (QED) is 0.377. The number of esters is 1. The normalized spacial score (nSPS) is 9.57. The molecule has 0 saturated heterocycles. The van der Waals surface area contributed by atoms with Crippen molar-refractivity contribution in [3.8, 4) is 0 Å². The third-order valence-corrected chi connectivity index (χ3v) is 1.47. The van der Waals surface area contributed by atoms with Crippen molar-refractivity contribution < 1.29 is 19.1 Å².